The third-order valence-electron chi connectivity index (χ3n) is 9.17. The number of carbonyl (C=O) groups is 2. The number of amides is 2. The number of piperazine rings is 1. The second kappa shape index (κ2) is 12.6. The Kier molecular flexibility index (Phi) is 8.79. The van der Waals surface area contributed by atoms with Crippen LogP contribution in [0.2, 0.25) is 0 Å². The second-order valence-corrected chi connectivity index (χ2v) is 13.2. The van der Waals surface area contributed by atoms with Gasteiger partial charge in [-0.05, 0) is 37.6 Å². The minimum atomic E-state index is -0.676. The molecule has 2 saturated heterocycles. The summed E-state index contributed by atoms with van der Waals surface area (Å²) in [5, 5.41) is 10.8. The van der Waals surface area contributed by atoms with Gasteiger partial charge in [0.25, 0.3) is 5.95 Å². The molecular formula is C32H43FN8O4. The van der Waals surface area contributed by atoms with Gasteiger partial charge in [-0.25, -0.2) is 13.7 Å². The van der Waals surface area contributed by atoms with Crippen molar-refractivity contribution < 1.29 is 23.5 Å². The lowest BCUT2D eigenvalue weighted by Crippen LogP contribution is -2.62. The van der Waals surface area contributed by atoms with Crippen molar-refractivity contribution in [1.82, 2.24) is 29.7 Å². The first kappa shape index (κ1) is 31.3. The lowest BCUT2D eigenvalue weighted by atomic mass is 9.90. The Morgan fingerprint density at radius 2 is 1.98 bits per heavy atom. The monoisotopic (exact) mass is 622 g/mol. The van der Waals surface area contributed by atoms with Gasteiger partial charge in [0.2, 0.25) is 5.91 Å². The zero-order chi connectivity index (χ0) is 31.9. The number of carbonyl (C=O) groups excluding carboxylic acids is 2. The summed E-state index contributed by atoms with van der Waals surface area (Å²) < 4.78 is 25.9. The van der Waals surface area contributed by atoms with Gasteiger partial charge in [-0.1, -0.05) is 26.0 Å². The van der Waals surface area contributed by atoms with Crippen LogP contribution in [0.5, 0.6) is 0 Å². The molecule has 242 valence electrons. The standard InChI is InChI=1S/C32H43FN8O4/c1-20-15-39(25(14-34-20)16-38-10-11-45-18-21(38)2)17-27(42)40-19-32(3,4)28-26(40)13-23(12-22-6-8-24(33)9-7-22)29-35-30(37-41(28)29)36-31(43)44-5/h6-9,13,20-21,25,34H,10-12,14-19H2,1-5H3,(H,36,37,43)/t20-,21-,25-/m1/s1. The molecule has 3 atom stereocenters. The first-order valence-electron chi connectivity index (χ1n) is 15.6. The lowest BCUT2D eigenvalue weighted by Gasteiger charge is -2.43. The Morgan fingerprint density at radius 1 is 1.20 bits per heavy atom. The maximum atomic E-state index is 14.3. The van der Waals surface area contributed by atoms with E-state index >= 15 is 0 Å². The van der Waals surface area contributed by atoms with Crippen LogP contribution in [0.3, 0.4) is 0 Å². The molecule has 0 aliphatic carbocycles. The fraction of sp³-hybridized carbons (Fsp3) is 0.562. The molecule has 12 nitrogen and oxygen atoms in total. The summed E-state index contributed by atoms with van der Waals surface area (Å²) in [6.45, 7) is 14.1. The van der Waals surface area contributed by atoms with Crippen LogP contribution >= 0.6 is 0 Å². The maximum absolute atomic E-state index is 14.3. The smallest absolute Gasteiger partial charge is 0.413 e. The first-order chi connectivity index (χ1) is 21.5. The quantitative estimate of drug-likeness (QED) is 0.410. The molecule has 3 aliphatic rings. The Bertz CT molecular complexity index is 1560. The minimum Gasteiger partial charge on any atom is -0.453 e. The molecule has 2 aromatic heterocycles. The number of nitrogens with zero attached hydrogens (tertiary/aromatic N) is 6. The van der Waals surface area contributed by atoms with E-state index in [0.717, 1.165) is 61.9 Å². The molecule has 2 amide bonds. The van der Waals surface area contributed by atoms with E-state index in [4.69, 9.17) is 9.47 Å². The molecule has 0 spiro atoms. The molecule has 0 bridgehead atoms. The molecule has 3 aromatic rings. The molecule has 13 heteroatoms. The summed E-state index contributed by atoms with van der Waals surface area (Å²) in [6.07, 6.45) is -0.240. The molecule has 1 aromatic carbocycles. The lowest BCUT2D eigenvalue weighted by molar-refractivity contribution is -0.121. The van der Waals surface area contributed by atoms with Gasteiger partial charge in [0, 0.05) is 68.2 Å². The number of hydrogen-bond acceptors (Lipinski definition) is 9. The zero-order valence-corrected chi connectivity index (χ0v) is 26.7. The molecule has 3 aliphatic heterocycles. The van der Waals surface area contributed by atoms with Gasteiger partial charge in [-0.2, -0.15) is 4.98 Å². The summed E-state index contributed by atoms with van der Waals surface area (Å²) in [4.78, 5) is 37.6. The fourth-order valence-electron chi connectivity index (χ4n) is 6.81. The van der Waals surface area contributed by atoms with Crippen molar-refractivity contribution in [3.8, 4) is 0 Å². The number of nitrogens with one attached hydrogen (secondary N) is 2. The molecule has 5 heterocycles. The van der Waals surface area contributed by atoms with E-state index in [0.29, 0.717) is 31.2 Å². The number of rotatable bonds is 7. The highest BCUT2D eigenvalue weighted by molar-refractivity contribution is 5.98. The van der Waals surface area contributed by atoms with Crippen molar-refractivity contribution in [2.45, 2.75) is 57.7 Å². The predicted octanol–water partition coefficient (Wildman–Crippen LogP) is 2.64. The largest absolute Gasteiger partial charge is 0.453 e. The Hall–Kier alpha value is -3.65. The highest BCUT2D eigenvalue weighted by Crippen LogP contribution is 2.42. The van der Waals surface area contributed by atoms with Gasteiger partial charge in [-0.15, -0.1) is 5.10 Å². The highest BCUT2D eigenvalue weighted by atomic mass is 19.1. The number of morpholine rings is 1. The number of anilines is 2. The number of aromatic nitrogens is 3. The van der Waals surface area contributed by atoms with Crippen molar-refractivity contribution in [1.29, 1.82) is 0 Å². The summed E-state index contributed by atoms with van der Waals surface area (Å²) in [5.74, 6) is -0.186. The van der Waals surface area contributed by atoms with E-state index in [9.17, 15) is 14.0 Å². The first-order valence-corrected chi connectivity index (χ1v) is 15.6. The Balaban J connectivity index is 1.33. The van der Waals surface area contributed by atoms with E-state index in [-0.39, 0.29) is 29.8 Å². The zero-order valence-electron chi connectivity index (χ0n) is 26.7. The third-order valence-corrected chi connectivity index (χ3v) is 9.17. The van der Waals surface area contributed by atoms with Gasteiger partial charge >= 0.3 is 6.09 Å². The summed E-state index contributed by atoms with van der Waals surface area (Å²) in [6, 6.07) is 9.13. The predicted molar refractivity (Wildman–Crippen MR) is 168 cm³/mol. The van der Waals surface area contributed by atoms with Gasteiger partial charge in [0.05, 0.1) is 38.2 Å². The molecular weight excluding hydrogens is 579 g/mol. The summed E-state index contributed by atoms with van der Waals surface area (Å²) in [7, 11) is 1.28. The molecule has 0 saturated carbocycles. The Morgan fingerprint density at radius 3 is 2.71 bits per heavy atom. The van der Waals surface area contributed by atoms with E-state index in [1.165, 1.54) is 19.2 Å². The molecule has 2 N–H and O–H groups in total. The molecule has 0 radical (unpaired) electrons. The van der Waals surface area contributed by atoms with Gasteiger partial charge in [0.15, 0.2) is 5.65 Å². The van der Waals surface area contributed by atoms with E-state index in [1.54, 1.807) is 16.6 Å². The number of ether oxygens (including phenoxy) is 2. The van der Waals surface area contributed by atoms with Crippen LogP contribution < -0.4 is 15.5 Å². The molecule has 45 heavy (non-hydrogen) atoms. The molecule has 0 unspecified atom stereocenters. The van der Waals surface area contributed by atoms with Crippen LogP contribution in [0.15, 0.2) is 30.3 Å². The third kappa shape index (κ3) is 6.53. The van der Waals surface area contributed by atoms with Crippen molar-refractivity contribution in [2.24, 2.45) is 0 Å². The summed E-state index contributed by atoms with van der Waals surface area (Å²) >= 11 is 0. The average Bonchev–Trinajstić information content (AvgIpc) is 3.54. The van der Waals surface area contributed by atoms with Crippen molar-refractivity contribution in [3.05, 3.63) is 53.0 Å². The van der Waals surface area contributed by atoms with Crippen LogP contribution in [-0.4, -0.2) is 114 Å². The average molecular weight is 623 g/mol. The number of methoxy groups -OCH3 is 1. The molecule has 6 rings (SSSR count). The van der Waals surface area contributed by atoms with Gasteiger partial charge in [-0.3, -0.25) is 19.9 Å². The van der Waals surface area contributed by atoms with Crippen LogP contribution in [0.1, 0.15) is 44.5 Å². The fourth-order valence-corrected chi connectivity index (χ4v) is 6.81. The number of halogens is 1. The number of pyridine rings is 1. The molecule has 2 fully saturated rings. The van der Waals surface area contributed by atoms with E-state index < -0.39 is 11.5 Å². The van der Waals surface area contributed by atoms with E-state index in [1.807, 2.05) is 11.0 Å². The topological polar surface area (TPSA) is 117 Å². The van der Waals surface area contributed by atoms with Crippen LogP contribution in [-0.2, 0) is 26.1 Å². The second-order valence-electron chi connectivity index (χ2n) is 13.2. The van der Waals surface area contributed by atoms with Crippen molar-refractivity contribution in [3.63, 3.8) is 0 Å². The van der Waals surface area contributed by atoms with Crippen molar-refractivity contribution in [2.75, 3.05) is 69.8 Å². The minimum absolute atomic E-state index is 0.0241. The number of hydrogen-bond donors (Lipinski definition) is 2. The van der Waals surface area contributed by atoms with Gasteiger partial charge < -0.3 is 19.7 Å². The van der Waals surface area contributed by atoms with Gasteiger partial charge in [0.1, 0.15) is 5.82 Å². The summed E-state index contributed by atoms with van der Waals surface area (Å²) in [5.41, 5.74) is 3.40. The highest BCUT2D eigenvalue weighted by Gasteiger charge is 2.43. The van der Waals surface area contributed by atoms with Crippen LogP contribution in [0, 0.1) is 5.82 Å². The van der Waals surface area contributed by atoms with Crippen LogP contribution in [0.4, 0.5) is 20.8 Å². The van der Waals surface area contributed by atoms with Crippen LogP contribution in [0.25, 0.3) is 5.65 Å². The normalized spacial score (nSPS) is 23.7. The SMILES string of the molecule is COC(=O)Nc1nc2c(Cc3ccc(F)cc3)cc3c(n2n1)C(C)(C)CN3C(=O)CN1C[C@@H](C)NC[C@@H]1CN1CCOC[C@H]1C. The number of benzene rings is 1. The van der Waals surface area contributed by atoms with E-state index in [2.05, 4.69) is 58.2 Å². The maximum Gasteiger partial charge on any atom is 0.413 e. The number of fused-ring (bicyclic) bond motifs is 3. The Labute approximate surface area is 262 Å². The van der Waals surface area contributed by atoms with Crippen molar-refractivity contribution >= 4 is 29.3 Å².